The molecule has 8 heteroatoms. The maximum atomic E-state index is 13.3. The molecule has 0 aliphatic carbocycles. The monoisotopic (exact) mass is 435 g/mol. The van der Waals surface area contributed by atoms with E-state index in [0.29, 0.717) is 30.7 Å². The summed E-state index contributed by atoms with van der Waals surface area (Å²) >= 11 is 0. The predicted molar refractivity (Wildman–Crippen MR) is 118 cm³/mol. The molecule has 1 fully saturated rings. The highest BCUT2D eigenvalue weighted by atomic mass is 16.5. The van der Waals surface area contributed by atoms with Gasteiger partial charge in [-0.25, -0.2) is 0 Å². The van der Waals surface area contributed by atoms with Crippen LogP contribution in [-0.2, 0) is 14.3 Å². The lowest BCUT2D eigenvalue weighted by molar-refractivity contribution is -0.152. The van der Waals surface area contributed by atoms with E-state index >= 15 is 0 Å². The number of nitriles is 1. The number of Topliss-reactive ketones (excluding diaryl/α,β-unsaturated/α-hetero) is 1. The van der Waals surface area contributed by atoms with Gasteiger partial charge in [-0.2, -0.15) is 5.26 Å². The molecule has 3 rings (SSSR count). The lowest BCUT2D eigenvalue weighted by Crippen LogP contribution is -2.43. The van der Waals surface area contributed by atoms with Crippen molar-refractivity contribution in [3.05, 3.63) is 53.2 Å². The lowest BCUT2D eigenvalue weighted by Gasteiger charge is -2.32. The van der Waals surface area contributed by atoms with Crippen LogP contribution in [0, 0.1) is 17.2 Å². The van der Waals surface area contributed by atoms with E-state index in [2.05, 4.69) is 0 Å². The van der Waals surface area contributed by atoms with Crippen molar-refractivity contribution in [2.24, 2.45) is 11.7 Å². The van der Waals surface area contributed by atoms with Crippen LogP contribution in [-0.4, -0.2) is 49.4 Å². The number of carbonyl (C=O) groups is 3. The van der Waals surface area contributed by atoms with Gasteiger partial charge in [0.25, 0.3) is 5.91 Å². The summed E-state index contributed by atoms with van der Waals surface area (Å²) in [6, 6.07) is 12.7. The first-order valence-electron chi connectivity index (χ1n) is 10.3. The lowest BCUT2D eigenvalue weighted by atomic mass is 9.96. The Hall–Kier alpha value is -3.86. The van der Waals surface area contributed by atoms with Crippen molar-refractivity contribution in [1.29, 1.82) is 5.26 Å². The zero-order valence-corrected chi connectivity index (χ0v) is 18.1. The Morgan fingerprint density at radius 2 is 1.91 bits per heavy atom. The molecule has 2 aromatic carbocycles. The number of benzene rings is 2. The largest absolute Gasteiger partial charge is 0.496 e. The first kappa shape index (κ1) is 22.8. The van der Waals surface area contributed by atoms with Gasteiger partial charge in [0.1, 0.15) is 17.4 Å². The molecule has 0 aromatic heterocycles. The first-order valence-corrected chi connectivity index (χ1v) is 10.3. The Balaban J connectivity index is 1.71. The van der Waals surface area contributed by atoms with Crippen molar-refractivity contribution in [3.63, 3.8) is 0 Å². The third-order valence-corrected chi connectivity index (χ3v) is 5.51. The predicted octanol–water partition coefficient (Wildman–Crippen LogP) is 2.57. The van der Waals surface area contributed by atoms with Crippen molar-refractivity contribution in [2.45, 2.75) is 19.8 Å². The van der Waals surface area contributed by atoms with Gasteiger partial charge < -0.3 is 20.1 Å². The SMILES string of the molecule is COc1ccc(C(=O)N2CCCC(C(=O)OCC(=O)C(C#N)=C(C)N)C2)c2ccccc12. The zero-order chi connectivity index (χ0) is 23.3. The number of nitrogens with zero attached hydrogens (tertiary/aromatic N) is 2. The zero-order valence-electron chi connectivity index (χ0n) is 18.1. The number of nitrogens with two attached hydrogens (primary N) is 1. The van der Waals surface area contributed by atoms with Gasteiger partial charge in [-0.1, -0.05) is 24.3 Å². The number of allylic oxidation sites excluding steroid dienone is 1. The van der Waals surface area contributed by atoms with Crippen LogP contribution >= 0.6 is 0 Å². The number of likely N-dealkylation sites (tertiary alicyclic amines) is 1. The molecule has 0 bridgehead atoms. The molecule has 2 N–H and O–H groups in total. The quantitative estimate of drug-likeness (QED) is 0.420. The van der Waals surface area contributed by atoms with Crippen molar-refractivity contribution in [3.8, 4) is 11.8 Å². The van der Waals surface area contributed by atoms with E-state index in [1.54, 1.807) is 30.2 Å². The molecule has 1 heterocycles. The molecule has 32 heavy (non-hydrogen) atoms. The van der Waals surface area contributed by atoms with E-state index in [-0.39, 0.29) is 23.7 Å². The van der Waals surface area contributed by atoms with Gasteiger partial charge in [0, 0.05) is 29.7 Å². The summed E-state index contributed by atoms with van der Waals surface area (Å²) in [7, 11) is 1.58. The van der Waals surface area contributed by atoms with Gasteiger partial charge in [0.05, 0.1) is 13.0 Å². The standard InChI is InChI=1S/C24H25N3O5/c1-15(26)20(12-25)21(28)14-32-24(30)16-6-5-11-27(13-16)23(29)19-9-10-22(31-2)18-8-4-3-7-17(18)19/h3-4,7-10,16H,5-6,11,13-14,26H2,1-2H3. The van der Waals surface area contributed by atoms with Crippen molar-refractivity contribution in [2.75, 3.05) is 26.8 Å². The van der Waals surface area contributed by atoms with Gasteiger partial charge in [-0.3, -0.25) is 14.4 Å². The minimum absolute atomic E-state index is 0.0784. The smallest absolute Gasteiger partial charge is 0.311 e. The number of ketones is 1. The average Bonchev–Trinajstić information content (AvgIpc) is 2.81. The van der Waals surface area contributed by atoms with Crippen LogP contribution in [0.25, 0.3) is 10.8 Å². The summed E-state index contributed by atoms with van der Waals surface area (Å²) in [5.74, 6) is -1.25. The minimum atomic E-state index is -0.644. The second kappa shape index (κ2) is 9.96. The summed E-state index contributed by atoms with van der Waals surface area (Å²) < 4.78 is 10.5. The summed E-state index contributed by atoms with van der Waals surface area (Å²) in [4.78, 5) is 39.5. The van der Waals surface area contributed by atoms with E-state index in [9.17, 15) is 14.4 Å². The van der Waals surface area contributed by atoms with Crippen LogP contribution in [0.3, 0.4) is 0 Å². The Bertz CT molecular complexity index is 1130. The number of ether oxygens (including phenoxy) is 2. The molecule has 2 aromatic rings. The average molecular weight is 435 g/mol. The van der Waals surface area contributed by atoms with Crippen LogP contribution in [0.2, 0.25) is 0 Å². The molecule has 1 aliphatic heterocycles. The number of esters is 1. The van der Waals surface area contributed by atoms with Crippen LogP contribution < -0.4 is 10.5 Å². The number of hydrogen-bond acceptors (Lipinski definition) is 7. The molecule has 1 saturated heterocycles. The fourth-order valence-electron chi connectivity index (χ4n) is 3.86. The summed E-state index contributed by atoms with van der Waals surface area (Å²) in [5.41, 5.74) is 5.90. The highest BCUT2D eigenvalue weighted by Crippen LogP contribution is 2.30. The van der Waals surface area contributed by atoms with Gasteiger partial charge in [-0.05, 0) is 37.3 Å². The highest BCUT2D eigenvalue weighted by Gasteiger charge is 2.31. The van der Waals surface area contributed by atoms with E-state index in [0.717, 1.165) is 10.8 Å². The Morgan fingerprint density at radius 1 is 1.19 bits per heavy atom. The number of fused-ring (bicyclic) bond motifs is 1. The molecular formula is C24H25N3O5. The van der Waals surface area contributed by atoms with Gasteiger partial charge >= 0.3 is 5.97 Å². The summed E-state index contributed by atoms with van der Waals surface area (Å²) in [5, 5.41) is 10.6. The molecule has 0 radical (unpaired) electrons. The first-order chi connectivity index (χ1) is 15.4. The molecule has 166 valence electrons. The third-order valence-electron chi connectivity index (χ3n) is 5.51. The second-order valence-electron chi connectivity index (χ2n) is 7.65. The number of hydrogen-bond donors (Lipinski definition) is 1. The Morgan fingerprint density at radius 3 is 2.56 bits per heavy atom. The normalized spacial score (nSPS) is 16.7. The summed E-state index contributed by atoms with van der Waals surface area (Å²) in [6.45, 7) is 1.61. The minimum Gasteiger partial charge on any atom is -0.496 e. The third kappa shape index (κ3) is 4.72. The summed E-state index contributed by atoms with van der Waals surface area (Å²) in [6.07, 6.45) is 1.19. The van der Waals surface area contributed by atoms with Gasteiger partial charge in [0.2, 0.25) is 5.78 Å². The molecular weight excluding hydrogens is 410 g/mol. The number of piperidine rings is 1. The Labute approximate surface area is 186 Å². The van der Waals surface area contributed by atoms with E-state index in [4.69, 9.17) is 20.5 Å². The molecule has 1 unspecified atom stereocenters. The van der Waals surface area contributed by atoms with E-state index in [1.807, 2.05) is 24.3 Å². The van der Waals surface area contributed by atoms with Gasteiger partial charge in [-0.15, -0.1) is 0 Å². The second-order valence-corrected chi connectivity index (χ2v) is 7.65. The van der Waals surface area contributed by atoms with Crippen LogP contribution in [0.5, 0.6) is 5.75 Å². The molecule has 0 spiro atoms. The molecule has 1 amide bonds. The number of amides is 1. The van der Waals surface area contributed by atoms with Crippen molar-refractivity contribution in [1.82, 2.24) is 4.90 Å². The maximum absolute atomic E-state index is 13.3. The number of rotatable bonds is 6. The molecule has 1 atom stereocenters. The molecule has 0 saturated carbocycles. The van der Waals surface area contributed by atoms with Crippen molar-refractivity contribution >= 4 is 28.4 Å². The topological polar surface area (TPSA) is 123 Å². The fraction of sp³-hybridized carbons (Fsp3) is 0.333. The fourth-order valence-corrected chi connectivity index (χ4v) is 3.86. The number of carbonyl (C=O) groups excluding carboxylic acids is 3. The molecule has 1 aliphatic rings. The van der Waals surface area contributed by atoms with Crippen LogP contribution in [0.1, 0.15) is 30.1 Å². The van der Waals surface area contributed by atoms with Crippen LogP contribution in [0.4, 0.5) is 0 Å². The molecule has 8 nitrogen and oxygen atoms in total. The maximum Gasteiger partial charge on any atom is 0.311 e. The van der Waals surface area contributed by atoms with E-state index < -0.39 is 24.3 Å². The van der Waals surface area contributed by atoms with Crippen LogP contribution in [0.15, 0.2) is 47.7 Å². The van der Waals surface area contributed by atoms with Gasteiger partial charge in [0.15, 0.2) is 6.61 Å². The Kier molecular flexibility index (Phi) is 7.11. The van der Waals surface area contributed by atoms with E-state index in [1.165, 1.54) is 6.92 Å². The number of methoxy groups -OCH3 is 1. The van der Waals surface area contributed by atoms with Crippen molar-refractivity contribution < 1.29 is 23.9 Å². The highest BCUT2D eigenvalue weighted by molar-refractivity contribution is 6.08.